The summed E-state index contributed by atoms with van der Waals surface area (Å²) < 4.78 is 0. The maximum atomic E-state index is 12.1. The minimum Gasteiger partial charge on any atom is -0.351 e. The number of hydrogen-bond donors (Lipinski definition) is 3. The Balaban J connectivity index is 1.67. The van der Waals surface area contributed by atoms with Crippen LogP contribution in [0.4, 0.5) is 0 Å². The molecule has 3 aromatic heterocycles. The number of thiazole rings is 1. The zero-order valence-corrected chi connectivity index (χ0v) is 13.1. The summed E-state index contributed by atoms with van der Waals surface area (Å²) in [6.07, 6.45) is 5.14. The Kier molecular flexibility index (Phi) is 4.29. The van der Waals surface area contributed by atoms with E-state index in [2.05, 4.69) is 30.2 Å². The summed E-state index contributed by atoms with van der Waals surface area (Å²) in [5.74, 6) is -0.104. The van der Waals surface area contributed by atoms with E-state index in [1.165, 1.54) is 17.5 Å². The lowest BCUT2D eigenvalue weighted by Gasteiger charge is -2.04. The predicted molar refractivity (Wildman–Crippen MR) is 85.3 cm³/mol. The fraction of sp³-hybridized carbons (Fsp3) is 0.214. The van der Waals surface area contributed by atoms with E-state index in [0.29, 0.717) is 24.5 Å². The van der Waals surface area contributed by atoms with Gasteiger partial charge in [0.2, 0.25) is 0 Å². The molecule has 0 bridgehead atoms. The number of aromatic nitrogens is 5. The van der Waals surface area contributed by atoms with Gasteiger partial charge in [0.05, 0.1) is 11.3 Å². The maximum absolute atomic E-state index is 12.1. The molecule has 0 aromatic carbocycles. The molecule has 0 unspecified atom stereocenters. The van der Waals surface area contributed by atoms with Gasteiger partial charge in [0.15, 0.2) is 5.82 Å². The topological polar surface area (TPSA) is 116 Å². The molecule has 9 heteroatoms. The van der Waals surface area contributed by atoms with Gasteiger partial charge in [-0.05, 0) is 6.92 Å². The van der Waals surface area contributed by atoms with Crippen LogP contribution in [0.3, 0.4) is 0 Å². The van der Waals surface area contributed by atoms with Crippen LogP contribution in [0.1, 0.15) is 21.1 Å². The van der Waals surface area contributed by atoms with E-state index in [-0.39, 0.29) is 5.56 Å². The number of aromatic amines is 2. The summed E-state index contributed by atoms with van der Waals surface area (Å²) in [6.45, 7) is 2.27. The maximum Gasteiger partial charge on any atom is 0.264 e. The van der Waals surface area contributed by atoms with E-state index in [1.54, 1.807) is 17.9 Å². The fourth-order valence-electron chi connectivity index (χ4n) is 1.99. The van der Waals surface area contributed by atoms with Crippen molar-refractivity contribution in [2.45, 2.75) is 13.3 Å². The normalized spacial score (nSPS) is 10.7. The van der Waals surface area contributed by atoms with Gasteiger partial charge in [0.1, 0.15) is 11.3 Å². The molecule has 3 rings (SSSR count). The fourth-order valence-corrected chi connectivity index (χ4v) is 2.58. The average Bonchev–Trinajstić information content (AvgIpc) is 3.18. The first-order valence-corrected chi connectivity index (χ1v) is 7.78. The molecule has 0 fully saturated rings. The Morgan fingerprint density at radius 2 is 2.26 bits per heavy atom. The molecule has 118 valence electrons. The first-order valence-electron chi connectivity index (χ1n) is 6.91. The summed E-state index contributed by atoms with van der Waals surface area (Å²) in [6, 6.07) is 0. The molecule has 3 aromatic rings. The number of nitrogens with one attached hydrogen (secondary N) is 3. The van der Waals surface area contributed by atoms with Crippen molar-refractivity contribution in [2.24, 2.45) is 0 Å². The summed E-state index contributed by atoms with van der Waals surface area (Å²) in [5.41, 5.74) is 0.993. The van der Waals surface area contributed by atoms with E-state index >= 15 is 0 Å². The third kappa shape index (κ3) is 3.51. The summed E-state index contributed by atoms with van der Waals surface area (Å²) >= 11 is 1.46. The highest BCUT2D eigenvalue weighted by molar-refractivity contribution is 7.09. The number of carbonyl (C=O) groups excluding carboxylic acids is 1. The lowest BCUT2D eigenvalue weighted by molar-refractivity contribution is 0.0952. The zero-order valence-electron chi connectivity index (χ0n) is 12.3. The van der Waals surface area contributed by atoms with Gasteiger partial charge in [-0.25, -0.2) is 15.0 Å². The van der Waals surface area contributed by atoms with Crippen molar-refractivity contribution in [1.29, 1.82) is 0 Å². The van der Waals surface area contributed by atoms with Crippen LogP contribution in [0, 0.1) is 6.92 Å². The van der Waals surface area contributed by atoms with E-state index < -0.39 is 11.5 Å². The van der Waals surface area contributed by atoms with Gasteiger partial charge in [0, 0.05) is 36.4 Å². The van der Waals surface area contributed by atoms with Crippen LogP contribution in [0.25, 0.3) is 11.5 Å². The van der Waals surface area contributed by atoms with Gasteiger partial charge >= 0.3 is 0 Å². The van der Waals surface area contributed by atoms with Crippen molar-refractivity contribution in [1.82, 2.24) is 30.2 Å². The Bertz CT molecular complexity index is 868. The van der Waals surface area contributed by atoms with Crippen LogP contribution in [0.15, 0.2) is 28.9 Å². The molecule has 3 heterocycles. The Morgan fingerprint density at radius 3 is 2.91 bits per heavy atom. The SMILES string of the molecule is Cc1nc(-c2ncc(C(=O)NCCc3cnc[nH]3)c(=O)[nH]2)cs1. The number of carbonyl (C=O) groups is 1. The van der Waals surface area contributed by atoms with Gasteiger partial charge in [0.25, 0.3) is 11.5 Å². The molecule has 23 heavy (non-hydrogen) atoms. The van der Waals surface area contributed by atoms with Crippen LogP contribution >= 0.6 is 11.3 Å². The number of aryl methyl sites for hydroxylation is 1. The second-order valence-corrected chi connectivity index (χ2v) is 5.87. The number of rotatable bonds is 5. The molecule has 0 saturated carbocycles. The van der Waals surface area contributed by atoms with Crippen molar-refractivity contribution in [3.63, 3.8) is 0 Å². The second kappa shape index (κ2) is 6.53. The van der Waals surface area contributed by atoms with Crippen molar-refractivity contribution in [3.8, 4) is 11.5 Å². The van der Waals surface area contributed by atoms with Gasteiger partial charge in [-0.2, -0.15) is 0 Å². The largest absolute Gasteiger partial charge is 0.351 e. The second-order valence-electron chi connectivity index (χ2n) is 4.81. The first kappa shape index (κ1) is 15.1. The van der Waals surface area contributed by atoms with Crippen LogP contribution in [0.2, 0.25) is 0 Å². The van der Waals surface area contributed by atoms with Crippen LogP contribution in [0.5, 0.6) is 0 Å². The molecular weight excluding hydrogens is 316 g/mol. The van der Waals surface area contributed by atoms with E-state index in [9.17, 15) is 9.59 Å². The molecule has 0 aliphatic heterocycles. The van der Waals surface area contributed by atoms with Crippen molar-refractivity contribution in [3.05, 3.63) is 50.7 Å². The van der Waals surface area contributed by atoms with Gasteiger partial charge < -0.3 is 15.3 Å². The van der Waals surface area contributed by atoms with Crippen molar-refractivity contribution in [2.75, 3.05) is 6.54 Å². The first-order chi connectivity index (χ1) is 11.1. The monoisotopic (exact) mass is 330 g/mol. The average molecular weight is 330 g/mol. The van der Waals surface area contributed by atoms with Gasteiger partial charge in [-0.1, -0.05) is 0 Å². The summed E-state index contributed by atoms with van der Waals surface area (Å²) in [4.78, 5) is 41.9. The quantitative estimate of drug-likeness (QED) is 0.642. The molecule has 8 nitrogen and oxygen atoms in total. The highest BCUT2D eigenvalue weighted by Gasteiger charge is 2.13. The number of hydrogen-bond acceptors (Lipinski definition) is 6. The molecule has 0 saturated heterocycles. The van der Waals surface area contributed by atoms with Crippen molar-refractivity contribution >= 4 is 17.2 Å². The number of H-pyrrole nitrogens is 2. The minimum absolute atomic E-state index is 0.0229. The Hall–Kier alpha value is -2.81. The molecule has 0 radical (unpaired) electrons. The number of imidazole rings is 1. The highest BCUT2D eigenvalue weighted by atomic mass is 32.1. The predicted octanol–water partition coefficient (Wildman–Crippen LogP) is 0.897. The lowest BCUT2D eigenvalue weighted by atomic mass is 10.3. The summed E-state index contributed by atoms with van der Waals surface area (Å²) in [7, 11) is 0. The van der Waals surface area contributed by atoms with Crippen molar-refractivity contribution < 1.29 is 4.79 Å². The lowest BCUT2D eigenvalue weighted by Crippen LogP contribution is -2.31. The Labute approximate surface area is 135 Å². The van der Waals surface area contributed by atoms with E-state index in [0.717, 1.165) is 10.7 Å². The Morgan fingerprint density at radius 1 is 1.39 bits per heavy atom. The number of nitrogens with zero attached hydrogens (tertiary/aromatic N) is 3. The third-order valence-corrected chi connectivity index (χ3v) is 3.91. The molecule has 0 spiro atoms. The van der Waals surface area contributed by atoms with E-state index in [1.807, 2.05) is 6.92 Å². The minimum atomic E-state index is -0.486. The highest BCUT2D eigenvalue weighted by Crippen LogP contribution is 2.16. The van der Waals surface area contributed by atoms with Gasteiger partial charge in [-0.15, -0.1) is 11.3 Å². The molecule has 0 atom stereocenters. The zero-order chi connectivity index (χ0) is 16.2. The smallest absolute Gasteiger partial charge is 0.264 e. The molecular formula is C14H14N6O2S. The standard InChI is InChI=1S/C14H14N6O2S/c1-8-19-11(6-23-8)12-17-5-10(14(22)20-12)13(21)16-3-2-9-4-15-7-18-9/h4-7H,2-3H2,1H3,(H,15,18)(H,16,21)(H,17,20,22). The van der Waals surface area contributed by atoms with Crippen LogP contribution < -0.4 is 10.9 Å². The van der Waals surface area contributed by atoms with Gasteiger partial charge in [-0.3, -0.25) is 9.59 Å². The van der Waals surface area contributed by atoms with Crippen LogP contribution in [-0.4, -0.2) is 37.4 Å². The summed E-state index contributed by atoms with van der Waals surface area (Å²) in [5, 5.41) is 5.36. The molecule has 0 aliphatic rings. The number of amides is 1. The van der Waals surface area contributed by atoms with E-state index in [4.69, 9.17) is 0 Å². The molecule has 0 aliphatic carbocycles. The van der Waals surface area contributed by atoms with Crippen LogP contribution in [-0.2, 0) is 6.42 Å². The molecule has 3 N–H and O–H groups in total. The third-order valence-electron chi connectivity index (χ3n) is 3.14. The molecule has 1 amide bonds.